The van der Waals surface area contributed by atoms with Crippen LogP contribution in [0.3, 0.4) is 0 Å². The second-order valence-corrected chi connectivity index (χ2v) is 7.84. The quantitative estimate of drug-likeness (QED) is 0.568. The molecule has 3 rings (SSSR count). The number of amides is 2. The minimum atomic E-state index is -3.81. The Morgan fingerprint density at radius 2 is 1.68 bits per heavy atom. The average molecular weight is 417 g/mol. The predicted octanol–water partition coefficient (Wildman–Crippen LogP) is 3.86. The van der Waals surface area contributed by atoms with Gasteiger partial charge in [0.1, 0.15) is 4.90 Å². The molecule has 0 fully saturated rings. The molecule has 9 heteroatoms. The smallest absolute Gasteiger partial charge is 0.319 e. The molecule has 0 atom stereocenters. The van der Waals surface area contributed by atoms with Crippen molar-refractivity contribution in [3.05, 3.63) is 83.6 Å². The topological polar surface area (TPSA) is 100 Å². The van der Waals surface area contributed by atoms with Gasteiger partial charge < -0.3 is 10.6 Å². The van der Waals surface area contributed by atoms with Gasteiger partial charge in [-0.05, 0) is 48.0 Å². The molecule has 0 saturated carbocycles. The van der Waals surface area contributed by atoms with Crippen LogP contribution >= 0.6 is 11.6 Å². The Morgan fingerprint density at radius 1 is 0.964 bits per heavy atom. The highest BCUT2D eigenvalue weighted by Crippen LogP contribution is 2.24. The van der Waals surface area contributed by atoms with Crippen LogP contribution in [0.25, 0.3) is 0 Å². The van der Waals surface area contributed by atoms with Crippen LogP contribution in [0.5, 0.6) is 0 Å². The Bertz CT molecular complexity index is 1060. The molecule has 1 heterocycles. The molecule has 2 aromatic carbocycles. The van der Waals surface area contributed by atoms with E-state index < -0.39 is 10.0 Å². The van der Waals surface area contributed by atoms with Crippen molar-refractivity contribution in [3.63, 3.8) is 0 Å². The molecule has 0 saturated heterocycles. The normalized spacial score (nSPS) is 10.9. The van der Waals surface area contributed by atoms with Crippen LogP contribution in [0.15, 0.2) is 78.0 Å². The first-order valence-corrected chi connectivity index (χ1v) is 10.1. The molecule has 0 aliphatic heterocycles. The minimum absolute atomic E-state index is 0.00588. The van der Waals surface area contributed by atoms with E-state index in [-0.39, 0.29) is 15.9 Å². The number of rotatable bonds is 6. The van der Waals surface area contributed by atoms with Crippen LogP contribution in [0, 0.1) is 0 Å². The van der Waals surface area contributed by atoms with E-state index in [2.05, 4.69) is 20.3 Å². The summed E-state index contributed by atoms with van der Waals surface area (Å²) in [6, 6.07) is 15.7. The summed E-state index contributed by atoms with van der Waals surface area (Å²) in [6.45, 7) is 0.343. The zero-order valence-corrected chi connectivity index (χ0v) is 16.2. The number of halogens is 1. The van der Waals surface area contributed by atoms with Gasteiger partial charge in [0.15, 0.2) is 0 Å². The summed E-state index contributed by atoms with van der Waals surface area (Å²) in [4.78, 5) is 15.9. The summed E-state index contributed by atoms with van der Waals surface area (Å²) in [7, 11) is -3.81. The first-order valence-electron chi connectivity index (χ1n) is 8.25. The summed E-state index contributed by atoms with van der Waals surface area (Å²) < 4.78 is 27.3. The number of nitrogens with one attached hydrogen (secondary N) is 3. The van der Waals surface area contributed by atoms with Crippen LogP contribution in [-0.4, -0.2) is 19.4 Å². The number of aromatic nitrogens is 1. The molecule has 28 heavy (non-hydrogen) atoms. The van der Waals surface area contributed by atoms with Crippen LogP contribution in [-0.2, 0) is 16.6 Å². The molecule has 3 aromatic rings. The number of benzene rings is 2. The fourth-order valence-electron chi connectivity index (χ4n) is 2.35. The Morgan fingerprint density at radius 3 is 2.36 bits per heavy atom. The zero-order chi connectivity index (χ0) is 20.0. The van der Waals surface area contributed by atoms with Gasteiger partial charge in [-0.3, -0.25) is 9.71 Å². The van der Waals surface area contributed by atoms with Crippen molar-refractivity contribution < 1.29 is 13.2 Å². The number of sulfonamides is 1. The number of carbonyl (C=O) groups is 1. The van der Waals surface area contributed by atoms with Gasteiger partial charge in [-0.15, -0.1) is 0 Å². The number of urea groups is 1. The Balaban J connectivity index is 1.59. The third-order valence-corrected chi connectivity index (χ3v) is 5.58. The van der Waals surface area contributed by atoms with Crippen molar-refractivity contribution in [1.29, 1.82) is 0 Å². The maximum Gasteiger partial charge on any atom is 0.319 e. The van der Waals surface area contributed by atoms with Gasteiger partial charge in [-0.25, -0.2) is 13.2 Å². The standard InChI is InChI=1S/C19H17ClN4O3S/c20-17-5-1-2-6-18(17)28(26,27)24-16-9-7-15(8-10-16)23-19(25)22-13-14-4-3-11-21-12-14/h1-12,24H,13H2,(H2,22,23,25). The van der Waals surface area contributed by atoms with Crippen molar-refractivity contribution in [2.45, 2.75) is 11.4 Å². The van der Waals surface area contributed by atoms with Crippen molar-refractivity contribution in [2.75, 3.05) is 10.0 Å². The third kappa shape index (κ3) is 5.21. The predicted molar refractivity (Wildman–Crippen MR) is 109 cm³/mol. The van der Waals surface area contributed by atoms with Crippen molar-refractivity contribution in [2.24, 2.45) is 0 Å². The number of nitrogens with zero attached hydrogens (tertiary/aromatic N) is 1. The van der Waals surface area contributed by atoms with Gasteiger partial charge in [0, 0.05) is 30.3 Å². The van der Waals surface area contributed by atoms with Gasteiger partial charge in [0.05, 0.1) is 5.02 Å². The molecule has 144 valence electrons. The SMILES string of the molecule is O=C(NCc1cccnc1)Nc1ccc(NS(=O)(=O)c2ccccc2Cl)cc1. The molecule has 3 N–H and O–H groups in total. The second kappa shape index (κ2) is 8.73. The summed E-state index contributed by atoms with van der Waals surface area (Å²) in [5.74, 6) is 0. The van der Waals surface area contributed by atoms with Gasteiger partial charge in [-0.2, -0.15) is 0 Å². The lowest BCUT2D eigenvalue weighted by Gasteiger charge is -2.11. The molecule has 0 bridgehead atoms. The first-order chi connectivity index (χ1) is 13.4. The lowest BCUT2D eigenvalue weighted by Crippen LogP contribution is -2.28. The summed E-state index contributed by atoms with van der Waals surface area (Å²) in [6.07, 6.45) is 3.32. The summed E-state index contributed by atoms with van der Waals surface area (Å²) in [5, 5.41) is 5.52. The Labute approximate surface area is 167 Å². The van der Waals surface area contributed by atoms with E-state index in [1.165, 1.54) is 12.1 Å². The number of pyridine rings is 1. The van der Waals surface area contributed by atoms with E-state index in [9.17, 15) is 13.2 Å². The minimum Gasteiger partial charge on any atom is -0.334 e. The highest BCUT2D eigenvalue weighted by atomic mass is 35.5. The lowest BCUT2D eigenvalue weighted by molar-refractivity contribution is 0.251. The summed E-state index contributed by atoms with van der Waals surface area (Å²) >= 11 is 5.95. The number of hydrogen-bond acceptors (Lipinski definition) is 4. The van der Waals surface area contributed by atoms with E-state index >= 15 is 0 Å². The van der Waals surface area contributed by atoms with Crippen molar-refractivity contribution in [1.82, 2.24) is 10.3 Å². The van der Waals surface area contributed by atoms with Crippen molar-refractivity contribution >= 4 is 39.0 Å². The van der Waals surface area contributed by atoms with E-state index in [1.807, 2.05) is 6.07 Å². The number of anilines is 2. The zero-order valence-electron chi connectivity index (χ0n) is 14.6. The Kier molecular flexibility index (Phi) is 6.13. The maximum absolute atomic E-state index is 12.4. The molecular formula is C19H17ClN4O3S. The van der Waals surface area contributed by atoms with Gasteiger partial charge >= 0.3 is 6.03 Å². The van der Waals surface area contributed by atoms with Gasteiger partial charge in [0.25, 0.3) is 10.0 Å². The molecule has 1 aromatic heterocycles. The average Bonchev–Trinajstić information content (AvgIpc) is 2.69. The fraction of sp³-hybridized carbons (Fsp3) is 0.0526. The molecular weight excluding hydrogens is 400 g/mol. The van der Waals surface area contributed by atoms with E-state index in [0.717, 1.165) is 5.56 Å². The monoisotopic (exact) mass is 416 g/mol. The number of hydrogen-bond donors (Lipinski definition) is 3. The van der Waals surface area contributed by atoms with Crippen LogP contribution in [0.2, 0.25) is 5.02 Å². The molecule has 0 unspecified atom stereocenters. The molecule has 0 aliphatic rings. The lowest BCUT2D eigenvalue weighted by atomic mass is 10.3. The van der Waals surface area contributed by atoms with Crippen LogP contribution in [0.4, 0.5) is 16.2 Å². The second-order valence-electron chi connectivity index (χ2n) is 5.78. The molecule has 2 amide bonds. The highest BCUT2D eigenvalue weighted by Gasteiger charge is 2.17. The van der Waals surface area contributed by atoms with Crippen LogP contribution in [0.1, 0.15) is 5.56 Å². The molecule has 0 spiro atoms. The first kappa shape index (κ1) is 19.7. The summed E-state index contributed by atoms with van der Waals surface area (Å²) in [5.41, 5.74) is 1.74. The van der Waals surface area contributed by atoms with E-state index in [1.54, 1.807) is 54.9 Å². The molecule has 0 radical (unpaired) electrons. The van der Waals surface area contributed by atoms with Crippen molar-refractivity contribution in [3.8, 4) is 0 Å². The van der Waals surface area contributed by atoms with E-state index in [0.29, 0.717) is 17.9 Å². The Hall–Kier alpha value is -3.10. The third-order valence-electron chi connectivity index (χ3n) is 3.70. The fourth-order valence-corrected chi connectivity index (χ4v) is 3.93. The molecule has 7 nitrogen and oxygen atoms in total. The highest BCUT2D eigenvalue weighted by molar-refractivity contribution is 7.92. The number of carbonyl (C=O) groups excluding carboxylic acids is 1. The molecule has 0 aliphatic carbocycles. The van der Waals surface area contributed by atoms with Crippen LogP contribution < -0.4 is 15.4 Å². The van der Waals surface area contributed by atoms with Gasteiger partial charge in [-0.1, -0.05) is 29.8 Å². The maximum atomic E-state index is 12.4. The van der Waals surface area contributed by atoms with E-state index in [4.69, 9.17) is 11.6 Å². The van der Waals surface area contributed by atoms with Gasteiger partial charge in [0.2, 0.25) is 0 Å². The largest absolute Gasteiger partial charge is 0.334 e.